The SMILES string of the molecule is CC(CNC(=O)C(O)c1ccccc1)c1ccsc1. The van der Waals surface area contributed by atoms with Crippen LogP contribution in [0.4, 0.5) is 0 Å². The fourth-order valence-corrected chi connectivity index (χ4v) is 2.59. The van der Waals surface area contributed by atoms with Gasteiger partial charge in [-0.1, -0.05) is 37.3 Å². The molecule has 0 radical (unpaired) electrons. The molecule has 0 spiro atoms. The van der Waals surface area contributed by atoms with E-state index in [1.165, 1.54) is 5.56 Å². The fourth-order valence-electron chi connectivity index (χ4n) is 1.81. The first-order valence-electron chi connectivity index (χ1n) is 6.21. The van der Waals surface area contributed by atoms with Gasteiger partial charge in [0.15, 0.2) is 6.10 Å². The Morgan fingerprint density at radius 1 is 1.26 bits per heavy atom. The molecule has 0 aliphatic carbocycles. The van der Waals surface area contributed by atoms with Gasteiger partial charge in [0.25, 0.3) is 5.91 Å². The summed E-state index contributed by atoms with van der Waals surface area (Å²) in [6, 6.07) is 11.0. The van der Waals surface area contributed by atoms with Gasteiger partial charge in [-0.3, -0.25) is 4.79 Å². The molecule has 3 nitrogen and oxygen atoms in total. The van der Waals surface area contributed by atoms with Crippen molar-refractivity contribution < 1.29 is 9.90 Å². The van der Waals surface area contributed by atoms with Gasteiger partial charge in [-0.05, 0) is 33.9 Å². The molecular weight excluding hydrogens is 258 g/mol. The summed E-state index contributed by atoms with van der Waals surface area (Å²) in [4.78, 5) is 11.9. The van der Waals surface area contributed by atoms with Crippen molar-refractivity contribution in [3.63, 3.8) is 0 Å². The molecule has 1 heterocycles. The Kier molecular flexibility index (Phi) is 4.71. The lowest BCUT2D eigenvalue weighted by Gasteiger charge is -2.14. The first-order chi connectivity index (χ1) is 9.18. The third kappa shape index (κ3) is 3.66. The molecule has 2 unspecified atom stereocenters. The van der Waals surface area contributed by atoms with E-state index in [1.807, 2.05) is 11.4 Å². The quantitative estimate of drug-likeness (QED) is 0.881. The molecule has 2 rings (SSSR count). The largest absolute Gasteiger partial charge is 0.378 e. The number of nitrogens with one attached hydrogen (secondary N) is 1. The maximum absolute atomic E-state index is 11.9. The van der Waals surface area contributed by atoms with E-state index < -0.39 is 6.10 Å². The van der Waals surface area contributed by atoms with Gasteiger partial charge in [0.1, 0.15) is 0 Å². The molecule has 1 aromatic carbocycles. The second-order valence-corrected chi connectivity index (χ2v) is 5.30. The highest BCUT2D eigenvalue weighted by atomic mass is 32.1. The summed E-state index contributed by atoms with van der Waals surface area (Å²) in [6.07, 6.45) is -1.10. The van der Waals surface area contributed by atoms with Crippen LogP contribution in [0.15, 0.2) is 47.2 Å². The molecular formula is C15H17NO2S. The lowest BCUT2D eigenvalue weighted by atomic mass is 10.0. The number of aliphatic hydroxyl groups excluding tert-OH is 1. The standard InChI is InChI=1S/C15H17NO2S/c1-11(13-7-8-19-10-13)9-16-15(18)14(17)12-5-3-2-4-6-12/h2-8,10-11,14,17H,9H2,1H3,(H,16,18). The van der Waals surface area contributed by atoms with Gasteiger partial charge in [-0.2, -0.15) is 11.3 Å². The van der Waals surface area contributed by atoms with E-state index in [-0.39, 0.29) is 11.8 Å². The predicted octanol–water partition coefficient (Wildman–Crippen LogP) is 2.70. The number of hydrogen-bond donors (Lipinski definition) is 2. The highest BCUT2D eigenvalue weighted by molar-refractivity contribution is 7.07. The third-order valence-electron chi connectivity index (χ3n) is 3.06. The van der Waals surface area contributed by atoms with Crippen LogP contribution in [0.25, 0.3) is 0 Å². The van der Waals surface area contributed by atoms with E-state index in [1.54, 1.807) is 35.6 Å². The summed E-state index contributed by atoms with van der Waals surface area (Å²) in [5.74, 6) is -0.105. The number of carbonyl (C=O) groups is 1. The summed E-state index contributed by atoms with van der Waals surface area (Å²) in [5.41, 5.74) is 1.82. The summed E-state index contributed by atoms with van der Waals surface area (Å²) >= 11 is 1.64. The van der Waals surface area contributed by atoms with Crippen LogP contribution < -0.4 is 5.32 Å². The van der Waals surface area contributed by atoms with Gasteiger partial charge < -0.3 is 10.4 Å². The van der Waals surface area contributed by atoms with Crippen LogP contribution in [0.5, 0.6) is 0 Å². The minimum atomic E-state index is -1.10. The molecule has 2 atom stereocenters. The van der Waals surface area contributed by atoms with Crippen LogP contribution in [-0.4, -0.2) is 17.6 Å². The summed E-state index contributed by atoms with van der Waals surface area (Å²) < 4.78 is 0. The Bertz CT molecular complexity index is 510. The van der Waals surface area contributed by atoms with E-state index >= 15 is 0 Å². The first-order valence-corrected chi connectivity index (χ1v) is 7.15. The maximum atomic E-state index is 11.9. The molecule has 0 saturated heterocycles. The van der Waals surface area contributed by atoms with Crippen molar-refractivity contribution in [2.75, 3.05) is 6.54 Å². The van der Waals surface area contributed by atoms with Gasteiger partial charge in [0.05, 0.1) is 0 Å². The monoisotopic (exact) mass is 275 g/mol. The molecule has 2 aromatic rings. The van der Waals surface area contributed by atoms with Crippen molar-refractivity contribution in [2.24, 2.45) is 0 Å². The molecule has 100 valence electrons. The molecule has 0 bridgehead atoms. The van der Waals surface area contributed by atoms with Gasteiger partial charge in [0.2, 0.25) is 0 Å². The smallest absolute Gasteiger partial charge is 0.253 e. The predicted molar refractivity (Wildman–Crippen MR) is 77.1 cm³/mol. The molecule has 1 aromatic heterocycles. The summed E-state index contributed by atoms with van der Waals surface area (Å²) in [5, 5.41) is 16.8. The number of benzene rings is 1. The van der Waals surface area contributed by atoms with Crippen molar-refractivity contribution in [1.29, 1.82) is 0 Å². The molecule has 19 heavy (non-hydrogen) atoms. The van der Waals surface area contributed by atoms with E-state index in [9.17, 15) is 9.90 Å². The summed E-state index contributed by atoms with van der Waals surface area (Å²) in [7, 11) is 0. The van der Waals surface area contributed by atoms with Crippen LogP contribution in [0.2, 0.25) is 0 Å². The molecule has 0 aliphatic heterocycles. The van der Waals surface area contributed by atoms with Gasteiger partial charge in [-0.15, -0.1) is 0 Å². The fraction of sp³-hybridized carbons (Fsp3) is 0.267. The Balaban J connectivity index is 1.88. The zero-order chi connectivity index (χ0) is 13.7. The second kappa shape index (κ2) is 6.50. The first kappa shape index (κ1) is 13.8. The number of thiophene rings is 1. The van der Waals surface area contributed by atoms with Crippen molar-refractivity contribution in [1.82, 2.24) is 5.32 Å². The van der Waals surface area contributed by atoms with Gasteiger partial charge in [0, 0.05) is 6.54 Å². The number of hydrogen-bond acceptors (Lipinski definition) is 3. The molecule has 0 saturated carbocycles. The average molecular weight is 275 g/mol. The lowest BCUT2D eigenvalue weighted by molar-refractivity contribution is -0.129. The van der Waals surface area contributed by atoms with E-state index in [4.69, 9.17) is 0 Å². The Morgan fingerprint density at radius 3 is 2.63 bits per heavy atom. The van der Waals surface area contributed by atoms with Crippen LogP contribution >= 0.6 is 11.3 Å². The highest BCUT2D eigenvalue weighted by Crippen LogP contribution is 2.18. The highest BCUT2D eigenvalue weighted by Gasteiger charge is 2.17. The van der Waals surface area contributed by atoms with Crippen LogP contribution in [-0.2, 0) is 4.79 Å². The lowest BCUT2D eigenvalue weighted by Crippen LogP contribution is -2.32. The molecule has 1 amide bonds. The zero-order valence-corrected chi connectivity index (χ0v) is 11.6. The topological polar surface area (TPSA) is 49.3 Å². The van der Waals surface area contributed by atoms with Gasteiger partial charge >= 0.3 is 0 Å². The third-order valence-corrected chi connectivity index (χ3v) is 3.76. The van der Waals surface area contributed by atoms with Crippen molar-refractivity contribution >= 4 is 17.2 Å². The van der Waals surface area contributed by atoms with Crippen LogP contribution in [0.3, 0.4) is 0 Å². The van der Waals surface area contributed by atoms with Crippen LogP contribution in [0, 0.1) is 0 Å². The number of carbonyl (C=O) groups excluding carboxylic acids is 1. The Morgan fingerprint density at radius 2 is 2.00 bits per heavy atom. The van der Waals surface area contributed by atoms with Crippen molar-refractivity contribution in [2.45, 2.75) is 18.9 Å². The molecule has 4 heteroatoms. The zero-order valence-electron chi connectivity index (χ0n) is 10.7. The van der Waals surface area contributed by atoms with E-state index in [0.717, 1.165) is 0 Å². The Labute approximate surface area is 116 Å². The second-order valence-electron chi connectivity index (χ2n) is 4.52. The molecule has 0 fully saturated rings. The maximum Gasteiger partial charge on any atom is 0.253 e. The Hall–Kier alpha value is -1.65. The van der Waals surface area contributed by atoms with Crippen molar-refractivity contribution in [3.8, 4) is 0 Å². The number of aliphatic hydroxyl groups is 1. The number of rotatable bonds is 5. The average Bonchev–Trinajstić information content (AvgIpc) is 2.98. The van der Waals surface area contributed by atoms with Crippen molar-refractivity contribution in [3.05, 3.63) is 58.3 Å². The minimum absolute atomic E-state index is 0.248. The molecule has 0 aliphatic rings. The van der Waals surface area contributed by atoms with E-state index in [0.29, 0.717) is 12.1 Å². The summed E-state index contributed by atoms with van der Waals surface area (Å²) in [6.45, 7) is 2.58. The van der Waals surface area contributed by atoms with Crippen LogP contribution in [0.1, 0.15) is 30.1 Å². The number of amides is 1. The van der Waals surface area contributed by atoms with Gasteiger partial charge in [-0.25, -0.2) is 0 Å². The van der Waals surface area contributed by atoms with E-state index in [2.05, 4.69) is 23.7 Å². The minimum Gasteiger partial charge on any atom is -0.378 e. The normalized spacial score (nSPS) is 13.8. The molecule has 2 N–H and O–H groups in total.